The van der Waals surface area contributed by atoms with E-state index in [1.807, 2.05) is 0 Å². The van der Waals surface area contributed by atoms with Gasteiger partial charge in [-0.2, -0.15) is 5.10 Å². The third kappa shape index (κ3) is 3.92. The van der Waals surface area contributed by atoms with E-state index in [9.17, 15) is 9.18 Å². The van der Waals surface area contributed by atoms with Gasteiger partial charge in [-0.05, 0) is 31.5 Å². The highest BCUT2D eigenvalue weighted by Gasteiger charge is 2.28. The van der Waals surface area contributed by atoms with E-state index >= 15 is 0 Å². The van der Waals surface area contributed by atoms with Gasteiger partial charge in [0, 0.05) is 54.9 Å². The van der Waals surface area contributed by atoms with Gasteiger partial charge >= 0.3 is 0 Å². The van der Waals surface area contributed by atoms with Crippen LogP contribution in [0.15, 0.2) is 18.2 Å². The number of halogens is 2. The highest BCUT2D eigenvalue weighted by molar-refractivity contribution is 6.31. The summed E-state index contributed by atoms with van der Waals surface area (Å²) in [4.78, 5) is 14.7. The number of carbonyl (C=O) groups excluding carboxylic acids is 1. The number of aromatic nitrogens is 2. The maximum atomic E-state index is 13.9. The Morgan fingerprint density at radius 1 is 1.46 bits per heavy atom. The van der Waals surface area contributed by atoms with Crippen molar-refractivity contribution < 1.29 is 13.9 Å². The molecular formula is C20H24ClFN4O2. The summed E-state index contributed by atoms with van der Waals surface area (Å²) >= 11 is 5.89. The number of amides is 1. The molecule has 0 bridgehead atoms. The van der Waals surface area contributed by atoms with Crippen molar-refractivity contribution in [1.29, 1.82) is 0 Å². The van der Waals surface area contributed by atoms with Gasteiger partial charge in [0.05, 0.1) is 24.5 Å². The molecule has 6 nitrogen and oxygen atoms in total. The van der Waals surface area contributed by atoms with Crippen LogP contribution >= 0.6 is 11.6 Å². The van der Waals surface area contributed by atoms with Crippen LogP contribution in [-0.2, 0) is 30.9 Å². The van der Waals surface area contributed by atoms with E-state index in [4.69, 9.17) is 21.4 Å². The van der Waals surface area contributed by atoms with Crippen LogP contribution in [0, 0.1) is 5.82 Å². The first-order valence-corrected chi connectivity index (χ1v) is 10.1. The molecule has 1 saturated heterocycles. The summed E-state index contributed by atoms with van der Waals surface area (Å²) in [6.45, 7) is 6.62. The van der Waals surface area contributed by atoms with Crippen LogP contribution in [0.4, 0.5) is 4.39 Å². The summed E-state index contributed by atoms with van der Waals surface area (Å²) in [6.07, 6.45) is 1.72. The van der Waals surface area contributed by atoms with Gasteiger partial charge in [0.15, 0.2) is 0 Å². The zero-order valence-electron chi connectivity index (χ0n) is 15.9. The number of hydrogen-bond donors (Lipinski definition) is 1. The van der Waals surface area contributed by atoms with Crippen LogP contribution in [0.5, 0.6) is 0 Å². The Labute approximate surface area is 168 Å². The van der Waals surface area contributed by atoms with Crippen LogP contribution in [-0.4, -0.2) is 46.3 Å². The van der Waals surface area contributed by atoms with Gasteiger partial charge in [0.2, 0.25) is 0 Å². The minimum atomic E-state index is -0.562. The number of aryl methyl sites for hydroxylation is 1. The number of hydrogen-bond acceptors (Lipinski definition) is 4. The molecule has 2 aromatic rings. The second kappa shape index (κ2) is 8.19. The number of ether oxygens (including phenoxy) is 1. The first-order chi connectivity index (χ1) is 13.5. The molecule has 2 aliphatic heterocycles. The van der Waals surface area contributed by atoms with E-state index in [0.717, 1.165) is 44.8 Å². The molecule has 0 radical (unpaired) electrons. The van der Waals surface area contributed by atoms with Crippen molar-refractivity contribution in [2.45, 2.75) is 45.5 Å². The van der Waals surface area contributed by atoms with Crippen molar-refractivity contribution in [2.75, 3.05) is 19.7 Å². The molecule has 0 saturated carbocycles. The maximum absolute atomic E-state index is 13.9. The highest BCUT2D eigenvalue weighted by atomic mass is 35.5. The fourth-order valence-corrected chi connectivity index (χ4v) is 4.18. The van der Waals surface area contributed by atoms with Crippen molar-refractivity contribution in [3.05, 3.63) is 51.6 Å². The quantitative estimate of drug-likeness (QED) is 0.829. The van der Waals surface area contributed by atoms with E-state index in [1.165, 1.54) is 29.5 Å². The lowest BCUT2D eigenvalue weighted by molar-refractivity contribution is 0.0933. The van der Waals surface area contributed by atoms with Gasteiger partial charge in [0.25, 0.3) is 5.91 Å². The number of rotatable bonds is 5. The minimum absolute atomic E-state index is 0.0149. The van der Waals surface area contributed by atoms with E-state index in [1.54, 1.807) is 0 Å². The molecule has 1 unspecified atom stereocenters. The molecule has 0 spiro atoms. The molecule has 1 amide bonds. The molecule has 3 heterocycles. The maximum Gasteiger partial charge on any atom is 0.254 e. The fraction of sp³-hybridized carbons (Fsp3) is 0.500. The summed E-state index contributed by atoms with van der Waals surface area (Å²) in [7, 11) is 0. The van der Waals surface area contributed by atoms with Crippen LogP contribution < -0.4 is 5.32 Å². The SMILES string of the molecule is CCn1nc(CN2CCC(NC(=O)c3cc(Cl)ccc3F)C2)c2c1CCOC2. The van der Waals surface area contributed by atoms with Gasteiger partial charge in [-0.1, -0.05) is 11.6 Å². The third-order valence-corrected chi connectivity index (χ3v) is 5.67. The van der Waals surface area contributed by atoms with Gasteiger partial charge in [-0.15, -0.1) is 0 Å². The minimum Gasteiger partial charge on any atom is -0.376 e. The lowest BCUT2D eigenvalue weighted by atomic mass is 10.1. The zero-order chi connectivity index (χ0) is 19.7. The smallest absolute Gasteiger partial charge is 0.254 e. The second-order valence-corrected chi connectivity index (χ2v) is 7.75. The zero-order valence-corrected chi connectivity index (χ0v) is 16.6. The van der Waals surface area contributed by atoms with Crippen LogP contribution in [0.2, 0.25) is 5.02 Å². The Morgan fingerprint density at radius 3 is 3.14 bits per heavy atom. The van der Waals surface area contributed by atoms with Gasteiger partial charge < -0.3 is 10.1 Å². The number of nitrogens with one attached hydrogen (secondary N) is 1. The predicted octanol–water partition coefficient (Wildman–Crippen LogP) is 2.77. The first kappa shape index (κ1) is 19.4. The van der Waals surface area contributed by atoms with Crippen molar-refractivity contribution in [2.24, 2.45) is 0 Å². The second-order valence-electron chi connectivity index (χ2n) is 7.31. The molecule has 0 aliphatic carbocycles. The molecule has 1 aromatic carbocycles. The number of likely N-dealkylation sites (tertiary alicyclic amines) is 1. The van der Waals surface area contributed by atoms with Crippen molar-refractivity contribution in [3.63, 3.8) is 0 Å². The third-order valence-electron chi connectivity index (χ3n) is 5.43. The number of carbonyl (C=O) groups is 1. The number of fused-ring (bicyclic) bond motifs is 1. The number of benzene rings is 1. The van der Waals surface area contributed by atoms with E-state index in [0.29, 0.717) is 18.2 Å². The normalized spacial score (nSPS) is 19.6. The summed E-state index contributed by atoms with van der Waals surface area (Å²) < 4.78 is 21.6. The molecule has 4 rings (SSSR count). The largest absolute Gasteiger partial charge is 0.376 e. The Balaban J connectivity index is 1.39. The Bertz CT molecular complexity index is 885. The molecule has 8 heteroatoms. The highest BCUT2D eigenvalue weighted by Crippen LogP contribution is 2.24. The molecule has 1 aromatic heterocycles. The van der Waals surface area contributed by atoms with Crippen LogP contribution in [0.1, 0.15) is 40.7 Å². The van der Waals surface area contributed by atoms with Crippen molar-refractivity contribution in [3.8, 4) is 0 Å². The number of nitrogens with zero attached hydrogens (tertiary/aromatic N) is 3. The standard InChI is InChI=1S/C20H24ClFN4O2/c1-2-26-19-6-8-28-12-16(19)18(24-26)11-25-7-5-14(10-25)23-20(27)15-9-13(21)3-4-17(15)22/h3-4,9,14H,2,5-8,10-12H2,1H3,(H,23,27). The van der Waals surface area contributed by atoms with Crippen molar-refractivity contribution in [1.82, 2.24) is 20.0 Å². The average Bonchev–Trinajstić information content (AvgIpc) is 3.28. The predicted molar refractivity (Wildman–Crippen MR) is 104 cm³/mol. The molecule has 2 aliphatic rings. The van der Waals surface area contributed by atoms with E-state index in [2.05, 4.69) is 21.8 Å². The lowest BCUT2D eigenvalue weighted by Gasteiger charge is -2.18. The molecule has 1 N–H and O–H groups in total. The van der Waals surface area contributed by atoms with Crippen molar-refractivity contribution >= 4 is 17.5 Å². The molecule has 1 atom stereocenters. The topological polar surface area (TPSA) is 59.4 Å². The Morgan fingerprint density at radius 2 is 2.32 bits per heavy atom. The molecule has 150 valence electrons. The van der Waals surface area contributed by atoms with E-state index in [-0.39, 0.29) is 11.6 Å². The molecule has 1 fully saturated rings. The lowest BCUT2D eigenvalue weighted by Crippen LogP contribution is -2.37. The van der Waals surface area contributed by atoms with Gasteiger partial charge in [-0.25, -0.2) is 4.39 Å². The van der Waals surface area contributed by atoms with E-state index < -0.39 is 11.7 Å². The van der Waals surface area contributed by atoms with Gasteiger partial charge in [0.1, 0.15) is 5.82 Å². The monoisotopic (exact) mass is 406 g/mol. The fourth-order valence-electron chi connectivity index (χ4n) is 4.01. The Kier molecular flexibility index (Phi) is 5.66. The average molecular weight is 407 g/mol. The van der Waals surface area contributed by atoms with Gasteiger partial charge in [-0.3, -0.25) is 14.4 Å². The first-order valence-electron chi connectivity index (χ1n) is 9.68. The van der Waals surface area contributed by atoms with Crippen LogP contribution in [0.3, 0.4) is 0 Å². The molecule has 28 heavy (non-hydrogen) atoms. The summed E-state index contributed by atoms with van der Waals surface area (Å²) in [5.74, 6) is -0.985. The summed E-state index contributed by atoms with van der Waals surface area (Å²) in [5.41, 5.74) is 3.54. The summed E-state index contributed by atoms with van der Waals surface area (Å²) in [6, 6.07) is 3.99. The molecular weight excluding hydrogens is 383 g/mol. The van der Waals surface area contributed by atoms with Crippen LogP contribution in [0.25, 0.3) is 0 Å². The summed E-state index contributed by atoms with van der Waals surface area (Å²) in [5, 5.41) is 8.05. The Hall–Kier alpha value is -1.96.